The van der Waals surface area contributed by atoms with Crippen LogP contribution < -0.4 is 11.1 Å². The summed E-state index contributed by atoms with van der Waals surface area (Å²) in [6.07, 6.45) is 1.61. The van der Waals surface area contributed by atoms with E-state index in [1.54, 1.807) is 18.2 Å². The topological polar surface area (TPSA) is 80.9 Å². The minimum Gasteiger partial charge on any atom is -0.370 e. The van der Waals surface area contributed by atoms with Gasteiger partial charge in [0.05, 0.1) is 5.69 Å². The van der Waals surface area contributed by atoms with Crippen LogP contribution in [0, 0.1) is 6.92 Å². The lowest BCUT2D eigenvalue weighted by molar-refractivity contribution is 0.112. The van der Waals surface area contributed by atoms with E-state index in [1.165, 1.54) is 0 Å². The number of nitrogen functional groups attached to an aromatic ring is 1. The van der Waals surface area contributed by atoms with Gasteiger partial charge < -0.3 is 11.1 Å². The van der Waals surface area contributed by atoms with Crippen molar-refractivity contribution in [3.05, 3.63) is 69.2 Å². The number of benzene rings is 2. The van der Waals surface area contributed by atoms with Gasteiger partial charge in [-0.25, -0.2) is 4.98 Å². The number of nitrogens with one attached hydrogen (secondary N) is 1. The van der Waals surface area contributed by atoms with Crippen molar-refractivity contribution in [1.29, 1.82) is 0 Å². The maximum atomic E-state index is 10.7. The molecule has 0 saturated heterocycles. The Bertz CT molecular complexity index is 974. The third-order valence-electron chi connectivity index (χ3n) is 4.16. The molecule has 3 aromatic rings. The van der Waals surface area contributed by atoms with Crippen molar-refractivity contribution < 1.29 is 4.79 Å². The van der Waals surface area contributed by atoms with Crippen LogP contribution in [0.2, 0.25) is 10.0 Å². The number of aromatic nitrogens is 2. The number of aldehydes is 1. The van der Waals surface area contributed by atoms with Crippen LogP contribution in [0.3, 0.4) is 0 Å². The number of hydrogen-bond donors (Lipinski definition) is 2. The first-order chi connectivity index (χ1) is 13.0. The van der Waals surface area contributed by atoms with Crippen LogP contribution in [0.4, 0.5) is 11.8 Å². The monoisotopic (exact) mass is 400 g/mol. The second kappa shape index (κ2) is 8.37. The normalized spacial score (nSPS) is 10.6. The Kier molecular flexibility index (Phi) is 5.94. The molecule has 0 bridgehead atoms. The molecule has 0 amide bonds. The highest BCUT2D eigenvalue weighted by Gasteiger charge is 2.11. The van der Waals surface area contributed by atoms with Crippen molar-refractivity contribution in [3.8, 4) is 11.3 Å². The van der Waals surface area contributed by atoms with Gasteiger partial charge in [0.15, 0.2) is 0 Å². The molecule has 0 atom stereocenters. The fourth-order valence-electron chi connectivity index (χ4n) is 2.70. The molecule has 0 radical (unpaired) electrons. The van der Waals surface area contributed by atoms with E-state index in [4.69, 9.17) is 28.9 Å². The van der Waals surface area contributed by atoms with Gasteiger partial charge in [-0.2, -0.15) is 4.98 Å². The molecule has 0 spiro atoms. The van der Waals surface area contributed by atoms with Gasteiger partial charge in [0, 0.05) is 33.8 Å². The van der Waals surface area contributed by atoms with Crippen LogP contribution in [-0.4, -0.2) is 22.8 Å². The lowest BCUT2D eigenvalue weighted by atomic mass is 10.1. The third-order valence-corrected chi connectivity index (χ3v) is 4.77. The Morgan fingerprint density at radius 1 is 1.11 bits per heavy atom. The molecular formula is C20H18Cl2N4O. The molecule has 0 aliphatic carbocycles. The van der Waals surface area contributed by atoms with E-state index in [-0.39, 0.29) is 5.95 Å². The summed E-state index contributed by atoms with van der Waals surface area (Å²) in [4.78, 5) is 19.3. The molecular weight excluding hydrogens is 383 g/mol. The number of nitrogens with zero attached hydrogens (tertiary/aromatic N) is 2. The van der Waals surface area contributed by atoms with E-state index >= 15 is 0 Å². The van der Waals surface area contributed by atoms with E-state index in [2.05, 4.69) is 15.3 Å². The van der Waals surface area contributed by atoms with Crippen molar-refractivity contribution in [2.75, 3.05) is 17.6 Å². The molecule has 3 N–H and O–H groups in total. The van der Waals surface area contributed by atoms with Crippen molar-refractivity contribution in [2.24, 2.45) is 0 Å². The summed E-state index contributed by atoms with van der Waals surface area (Å²) < 4.78 is 0. The second-order valence-electron chi connectivity index (χ2n) is 6.09. The third kappa shape index (κ3) is 4.76. The van der Waals surface area contributed by atoms with E-state index in [9.17, 15) is 4.79 Å². The lowest BCUT2D eigenvalue weighted by Gasteiger charge is -2.11. The highest BCUT2D eigenvalue weighted by Crippen LogP contribution is 2.32. The first-order valence-electron chi connectivity index (χ1n) is 8.35. The summed E-state index contributed by atoms with van der Waals surface area (Å²) >= 11 is 12.4. The Morgan fingerprint density at radius 3 is 2.56 bits per heavy atom. The Hall–Kier alpha value is -2.63. The predicted octanol–water partition coefficient (Wildman–Crippen LogP) is 4.81. The largest absolute Gasteiger partial charge is 0.370 e. The first kappa shape index (κ1) is 19.1. The molecule has 0 aliphatic rings. The number of hydrogen-bond acceptors (Lipinski definition) is 5. The average Bonchev–Trinajstić information content (AvgIpc) is 2.65. The number of rotatable bonds is 6. The van der Waals surface area contributed by atoms with Gasteiger partial charge in [-0.1, -0.05) is 47.5 Å². The Balaban J connectivity index is 1.76. The molecule has 5 nitrogen and oxygen atoms in total. The van der Waals surface area contributed by atoms with Crippen LogP contribution in [0.5, 0.6) is 0 Å². The maximum absolute atomic E-state index is 10.7. The fraction of sp³-hybridized carbons (Fsp3) is 0.150. The highest BCUT2D eigenvalue weighted by molar-refractivity contribution is 6.35. The maximum Gasteiger partial charge on any atom is 0.222 e. The highest BCUT2D eigenvalue weighted by atomic mass is 35.5. The Labute approximate surface area is 167 Å². The van der Waals surface area contributed by atoms with Gasteiger partial charge in [-0.05, 0) is 36.6 Å². The van der Waals surface area contributed by atoms with Crippen LogP contribution in [-0.2, 0) is 6.42 Å². The average molecular weight is 401 g/mol. The molecule has 1 heterocycles. The molecule has 0 fully saturated rings. The Morgan fingerprint density at radius 2 is 1.85 bits per heavy atom. The van der Waals surface area contributed by atoms with E-state index < -0.39 is 0 Å². The summed E-state index contributed by atoms with van der Waals surface area (Å²) in [6, 6.07) is 12.8. The summed E-state index contributed by atoms with van der Waals surface area (Å²) in [7, 11) is 0. The molecule has 138 valence electrons. The van der Waals surface area contributed by atoms with Gasteiger partial charge in [0.2, 0.25) is 5.95 Å². The first-order valence-corrected chi connectivity index (χ1v) is 9.10. The minimum absolute atomic E-state index is 0.167. The SMILES string of the molecule is Cc1c(Cl)cc(Cl)cc1-c1cc(NCCc2ccc(C=O)cc2)nc(N)n1. The zero-order valence-electron chi connectivity index (χ0n) is 14.7. The van der Waals surface area contributed by atoms with Gasteiger partial charge in [0.1, 0.15) is 12.1 Å². The van der Waals surface area contributed by atoms with Crippen molar-refractivity contribution in [2.45, 2.75) is 13.3 Å². The molecule has 0 saturated carbocycles. The van der Waals surface area contributed by atoms with Crippen molar-refractivity contribution >= 4 is 41.3 Å². The zero-order chi connectivity index (χ0) is 19.4. The van der Waals surface area contributed by atoms with Crippen LogP contribution in [0.1, 0.15) is 21.5 Å². The quantitative estimate of drug-likeness (QED) is 0.580. The molecule has 7 heteroatoms. The summed E-state index contributed by atoms with van der Waals surface area (Å²) in [6.45, 7) is 2.56. The van der Waals surface area contributed by atoms with Crippen LogP contribution in [0.25, 0.3) is 11.3 Å². The lowest BCUT2D eigenvalue weighted by Crippen LogP contribution is -2.08. The molecule has 1 aromatic heterocycles. The fourth-order valence-corrected chi connectivity index (χ4v) is 3.20. The van der Waals surface area contributed by atoms with Crippen LogP contribution >= 0.6 is 23.2 Å². The number of carbonyl (C=O) groups is 1. The molecule has 0 unspecified atom stereocenters. The molecule has 0 aliphatic heterocycles. The summed E-state index contributed by atoms with van der Waals surface area (Å²) in [5.74, 6) is 0.790. The van der Waals surface area contributed by atoms with Crippen molar-refractivity contribution in [3.63, 3.8) is 0 Å². The number of nitrogens with two attached hydrogens (primary N) is 1. The van der Waals surface area contributed by atoms with Crippen LogP contribution in [0.15, 0.2) is 42.5 Å². The summed E-state index contributed by atoms with van der Waals surface area (Å²) in [5, 5.41) is 4.36. The zero-order valence-corrected chi connectivity index (χ0v) is 16.2. The minimum atomic E-state index is 0.167. The van der Waals surface area contributed by atoms with E-state index in [0.29, 0.717) is 33.7 Å². The van der Waals surface area contributed by atoms with Crippen molar-refractivity contribution in [1.82, 2.24) is 9.97 Å². The van der Waals surface area contributed by atoms with Gasteiger partial charge >= 0.3 is 0 Å². The number of anilines is 2. The number of halogens is 2. The predicted molar refractivity (Wildman–Crippen MR) is 111 cm³/mol. The molecule has 2 aromatic carbocycles. The standard InChI is InChI=1S/C20H18Cl2N4O/c1-12-16(8-15(21)9-17(12)22)18-10-19(26-20(23)25-18)24-7-6-13-2-4-14(11-27)5-3-13/h2-5,8-11H,6-7H2,1H3,(H3,23,24,25,26). The van der Waals surface area contributed by atoms with E-state index in [0.717, 1.165) is 29.4 Å². The van der Waals surface area contributed by atoms with Gasteiger partial charge in [-0.3, -0.25) is 4.79 Å². The molecule has 3 rings (SSSR count). The molecule has 27 heavy (non-hydrogen) atoms. The van der Waals surface area contributed by atoms with Gasteiger partial charge in [0.25, 0.3) is 0 Å². The smallest absolute Gasteiger partial charge is 0.222 e. The van der Waals surface area contributed by atoms with Gasteiger partial charge in [-0.15, -0.1) is 0 Å². The van der Waals surface area contributed by atoms with E-state index in [1.807, 2.05) is 31.2 Å². The number of carbonyl (C=O) groups excluding carboxylic acids is 1. The summed E-state index contributed by atoms with van der Waals surface area (Å²) in [5.41, 5.74) is 10.0. The second-order valence-corrected chi connectivity index (χ2v) is 6.94.